The lowest BCUT2D eigenvalue weighted by molar-refractivity contribution is -0.119. The third-order valence-corrected chi connectivity index (χ3v) is 3.90. The topological polar surface area (TPSA) is 41.6 Å². The van der Waals surface area contributed by atoms with Gasteiger partial charge in [-0.25, -0.2) is 0 Å². The third-order valence-electron chi connectivity index (χ3n) is 3.90. The highest BCUT2D eigenvalue weighted by molar-refractivity contribution is 5.98. The number of fused-ring (bicyclic) bond motifs is 1. The zero-order valence-electron chi connectivity index (χ0n) is 12.1. The second-order valence-corrected chi connectivity index (χ2v) is 5.09. The van der Waals surface area contributed by atoms with Crippen molar-refractivity contribution in [2.24, 2.45) is 0 Å². The summed E-state index contributed by atoms with van der Waals surface area (Å²) in [6, 6.07) is 4.02. The van der Waals surface area contributed by atoms with E-state index in [2.05, 4.69) is 18.3 Å². The summed E-state index contributed by atoms with van der Waals surface area (Å²) >= 11 is 0. The quantitative estimate of drug-likeness (QED) is 0.903. The summed E-state index contributed by atoms with van der Waals surface area (Å²) in [6.45, 7) is 3.02. The first-order chi connectivity index (χ1) is 9.10. The van der Waals surface area contributed by atoms with Gasteiger partial charge in [0, 0.05) is 13.5 Å². The van der Waals surface area contributed by atoms with Gasteiger partial charge in [0.2, 0.25) is 5.91 Å². The average Bonchev–Trinajstić information content (AvgIpc) is 2.41. The molecule has 0 aromatic heterocycles. The molecule has 0 saturated heterocycles. The van der Waals surface area contributed by atoms with E-state index >= 15 is 0 Å². The van der Waals surface area contributed by atoms with Gasteiger partial charge < -0.3 is 15.0 Å². The Kier molecular flexibility index (Phi) is 4.10. The number of nitrogens with zero attached hydrogens (tertiary/aromatic N) is 1. The fraction of sp³-hybridized carbons (Fsp3) is 0.533. The predicted molar refractivity (Wildman–Crippen MR) is 77.0 cm³/mol. The van der Waals surface area contributed by atoms with E-state index in [1.165, 1.54) is 11.1 Å². The number of anilines is 1. The van der Waals surface area contributed by atoms with Crippen molar-refractivity contribution >= 4 is 11.6 Å². The third kappa shape index (κ3) is 2.45. The zero-order chi connectivity index (χ0) is 14.0. The van der Waals surface area contributed by atoms with Gasteiger partial charge in [-0.15, -0.1) is 0 Å². The van der Waals surface area contributed by atoms with Gasteiger partial charge >= 0.3 is 0 Å². The molecule has 0 saturated carbocycles. The van der Waals surface area contributed by atoms with Crippen molar-refractivity contribution < 1.29 is 9.53 Å². The van der Waals surface area contributed by atoms with Crippen LogP contribution in [0.1, 0.15) is 29.9 Å². The Balaban J connectivity index is 2.51. The maximum atomic E-state index is 12.2. The molecule has 0 bridgehead atoms. The number of carbonyl (C=O) groups excluding carboxylic acids is 1. The van der Waals surface area contributed by atoms with Gasteiger partial charge in [0.25, 0.3) is 0 Å². The number of carbonyl (C=O) groups is 1. The first kappa shape index (κ1) is 13.9. The van der Waals surface area contributed by atoms with Crippen molar-refractivity contribution in [2.45, 2.75) is 25.7 Å². The zero-order valence-corrected chi connectivity index (χ0v) is 12.1. The normalized spacial score (nSPS) is 18.4. The molecule has 1 unspecified atom stereocenters. The van der Waals surface area contributed by atoms with Crippen LogP contribution in [0.3, 0.4) is 0 Å². The molecule has 104 valence electrons. The number of aryl methyl sites for hydroxylation is 1. The van der Waals surface area contributed by atoms with E-state index in [9.17, 15) is 4.79 Å². The van der Waals surface area contributed by atoms with E-state index in [0.717, 1.165) is 24.4 Å². The van der Waals surface area contributed by atoms with Gasteiger partial charge in [-0.05, 0) is 50.0 Å². The molecule has 19 heavy (non-hydrogen) atoms. The number of hydrogen-bond acceptors (Lipinski definition) is 3. The number of amides is 1. The summed E-state index contributed by atoms with van der Waals surface area (Å²) in [5, 5.41) is 3.16. The van der Waals surface area contributed by atoms with Crippen LogP contribution in [-0.4, -0.2) is 33.7 Å². The van der Waals surface area contributed by atoms with Crippen LogP contribution in [0, 0.1) is 6.92 Å². The van der Waals surface area contributed by atoms with Crippen molar-refractivity contribution in [1.82, 2.24) is 5.32 Å². The summed E-state index contributed by atoms with van der Waals surface area (Å²) in [4.78, 5) is 13.9. The van der Waals surface area contributed by atoms with E-state index in [0.29, 0.717) is 6.42 Å². The smallest absolute Gasteiger partial charge is 0.227 e. The molecule has 1 aromatic rings. The summed E-state index contributed by atoms with van der Waals surface area (Å²) in [6.07, 6.45) is 1.55. The van der Waals surface area contributed by atoms with Crippen LogP contribution in [0.5, 0.6) is 5.75 Å². The Labute approximate surface area is 114 Å². The summed E-state index contributed by atoms with van der Waals surface area (Å²) in [7, 11) is 5.42. The van der Waals surface area contributed by atoms with Crippen LogP contribution in [0.15, 0.2) is 12.1 Å². The maximum Gasteiger partial charge on any atom is 0.227 e. The molecule has 2 rings (SSSR count). The summed E-state index contributed by atoms with van der Waals surface area (Å²) in [5.74, 6) is 1.23. The fourth-order valence-electron chi connectivity index (χ4n) is 2.85. The lowest BCUT2D eigenvalue weighted by atomic mass is 9.84. The lowest BCUT2D eigenvalue weighted by Crippen LogP contribution is -2.34. The van der Waals surface area contributed by atoms with Crippen LogP contribution in [-0.2, 0) is 4.79 Å². The van der Waals surface area contributed by atoms with Gasteiger partial charge in [0.05, 0.1) is 12.8 Å². The Hall–Kier alpha value is -1.55. The fourth-order valence-corrected chi connectivity index (χ4v) is 2.85. The first-order valence-corrected chi connectivity index (χ1v) is 6.68. The molecule has 1 atom stereocenters. The van der Waals surface area contributed by atoms with Crippen molar-refractivity contribution in [1.29, 1.82) is 0 Å². The minimum Gasteiger partial charge on any atom is -0.495 e. The molecular weight excluding hydrogens is 240 g/mol. The van der Waals surface area contributed by atoms with Crippen LogP contribution >= 0.6 is 0 Å². The monoisotopic (exact) mass is 262 g/mol. The van der Waals surface area contributed by atoms with Gasteiger partial charge in [-0.3, -0.25) is 4.79 Å². The van der Waals surface area contributed by atoms with Crippen LogP contribution < -0.4 is 15.0 Å². The minimum atomic E-state index is 0.164. The molecule has 0 spiro atoms. The van der Waals surface area contributed by atoms with Gasteiger partial charge in [0.1, 0.15) is 5.75 Å². The molecule has 1 aliphatic rings. The Morgan fingerprint density at radius 1 is 1.47 bits per heavy atom. The summed E-state index contributed by atoms with van der Waals surface area (Å²) < 4.78 is 5.43. The van der Waals surface area contributed by atoms with E-state index in [4.69, 9.17) is 4.74 Å². The van der Waals surface area contributed by atoms with Crippen LogP contribution in [0.25, 0.3) is 0 Å². The second-order valence-electron chi connectivity index (χ2n) is 5.09. The number of hydrogen-bond donors (Lipinski definition) is 1. The highest BCUT2D eigenvalue weighted by Gasteiger charge is 2.32. The maximum absolute atomic E-state index is 12.2. The Morgan fingerprint density at radius 2 is 2.21 bits per heavy atom. The SMILES string of the molecule is CNCCC1CC(=O)N(C)c2c(OC)ccc(C)c21. The van der Waals surface area contributed by atoms with Crippen LogP contribution in [0.4, 0.5) is 5.69 Å². The van der Waals surface area contributed by atoms with E-state index in [1.54, 1.807) is 12.0 Å². The van der Waals surface area contributed by atoms with E-state index in [1.807, 2.05) is 20.2 Å². The van der Waals surface area contributed by atoms with Crippen molar-refractivity contribution in [2.75, 3.05) is 32.6 Å². The first-order valence-electron chi connectivity index (χ1n) is 6.68. The van der Waals surface area contributed by atoms with Crippen molar-refractivity contribution in [3.05, 3.63) is 23.3 Å². The predicted octanol–water partition coefficient (Wildman–Crippen LogP) is 2.06. The van der Waals surface area contributed by atoms with Crippen LogP contribution in [0.2, 0.25) is 0 Å². The van der Waals surface area contributed by atoms with Gasteiger partial charge in [-0.2, -0.15) is 0 Å². The van der Waals surface area contributed by atoms with E-state index in [-0.39, 0.29) is 11.8 Å². The lowest BCUT2D eigenvalue weighted by Gasteiger charge is -2.34. The molecule has 0 fully saturated rings. The number of nitrogens with one attached hydrogen (secondary N) is 1. The molecular formula is C15H22N2O2. The van der Waals surface area contributed by atoms with Gasteiger partial charge in [0.15, 0.2) is 0 Å². The number of methoxy groups -OCH3 is 1. The standard InChI is InChI=1S/C15H22N2O2/c1-10-5-6-12(19-4)15-14(10)11(7-8-16-2)9-13(18)17(15)3/h5-6,11,16H,7-9H2,1-4H3. The molecule has 1 heterocycles. The molecule has 4 nitrogen and oxygen atoms in total. The van der Waals surface area contributed by atoms with Crippen molar-refractivity contribution in [3.63, 3.8) is 0 Å². The van der Waals surface area contributed by atoms with Gasteiger partial charge in [-0.1, -0.05) is 6.07 Å². The van der Waals surface area contributed by atoms with E-state index < -0.39 is 0 Å². The number of rotatable bonds is 4. The molecule has 0 aliphatic carbocycles. The van der Waals surface area contributed by atoms with Crippen molar-refractivity contribution in [3.8, 4) is 5.75 Å². The number of ether oxygens (including phenoxy) is 1. The Bertz CT molecular complexity index is 485. The largest absolute Gasteiger partial charge is 0.495 e. The molecule has 1 amide bonds. The molecule has 1 aliphatic heterocycles. The average molecular weight is 262 g/mol. The molecule has 4 heteroatoms. The summed E-state index contributed by atoms with van der Waals surface area (Å²) in [5.41, 5.74) is 3.44. The highest BCUT2D eigenvalue weighted by atomic mass is 16.5. The highest BCUT2D eigenvalue weighted by Crippen LogP contribution is 2.44. The number of benzene rings is 1. The molecule has 1 aromatic carbocycles. The molecule has 0 radical (unpaired) electrons. The Morgan fingerprint density at radius 3 is 2.84 bits per heavy atom. The second kappa shape index (κ2) is 5.61. The molecule has 1 N–H and O–H groups in total. The minimum absolute atomic E-state index is 0.164.